The molecule has 164 valence electrons. The molecule has 2 aromatic carbocycles. The lowest BCUT2D eigenvalue weighted by Gasteiger charge is -2.20. The Hall–Kier alpha value is -3.32. The number of carboxylic acids is 1. The molecule has 0 fully saturated rings. The standard InChI is InChI=1S/C24H29N3O4/c1-24(2,3)27-22(28)15-31-18-10-8-16(9-11-18)13-25-21(23(29)30)12-17-14-26-20-7-5-4-6-19(17)20/h4-11,14,21,25-26H,12-13,15H2,1-3H3,(H,27,28)(H,29,30)/t21-/m0/s1. The Morgan fingerprint density at radius 3 is 2.48 bits per heavy atom. The molecule has 1 amide bonds. The minimum absolute atomic E-state index is 0.0550. The van der Waals surface area contributed by atoms with Crippen LogP contribution < -0.4 is 15.4 Å². The predicted octanol–water partition coefficient (Wildman–Crippen LogP) is 3.25. The van der Waals surface area contributed by atoms with Crippen LogP contribution in [0.1, 0.15) is 31.9 Å². The van der Waals surface area contributed by atoms with Gasteiger partial charge < -0.3 is 25.5 Å². The summed E-state index contributed by atoms with van der Waals surface area (Å²) in [5, 5.41) is 16.6. The second kappa shape index (κ2) is 9.66. The molecule has 1 aromatic heterocycles. The van der Waals surface area contributed by atoms with Crippen molar-refractivity contribution in [1.82, 2.24) is 15.6 Å². The molecule has 0 saturated carbocycles. The summed E-state index contributed by atoms with van der Waals surface area (Å²) in [6, 6.07) is 14.4. The quantitative estimate of drug-likeness (QED) is 0.423. The fraction of sp³-hybridized carbons (Fsp3) is 0.333. The van der Waals surface area contributed by atoms with Gasteiger partial charge in [0.25, 0.3) is 5.91 Å². The van der Waals surface area contributed by atoms with E-state index >= 15 is 0 Å². The van der Waals surface area contributed by atoms with Gasteiger partial charge in [-0.3, -0.25) is 9.59 Å². The highest BCUT2D eigenvalue weighted by Gasteiger charge is 2.19. The molecule has 31 heavy (non-hydrogen) atoms. The number of aromatic amines is 1. The third kappa shape index (κ3) is 6.58. The molecule has 4 N–H and O–H groups in total. The fourth-order valence-corrected chi connectivity index (χ4v) is 3.32. The molecule has 0 aliphatic carbocycles. The Labute approximate surface area is 181 Å². The molecule has 0 radical (unpaired) electrons. The number of ether oxygens (including phenoxy) is 1. The zero-order valence-corrected chi connectivity index (χ0v) is 18.1. The second-order valence-electron chi connectivity index (χ2n) is 8.57. The van der Waals surface area contributed by atoms with Crippen molar-refractivity contribution in [3.8, 4) is 5.75 Å². The highest BCUT2D eigenvalue weighted by atomic mass is 16.5. The summed E-state index contributed by atoms with van der Waals surface area (Å²) >= 11 is 0. The summed E-state index contributed by atoms with van der Waals surface area (Å²) in [6.45, 7) is 6.09. The maximum Gasteiger partial charge on any atom is 0.321 e. The molecule has 3 aromatic rings. The third-order valence-corrected chi connectivity index (χ3v) is 4.76. The molecular formula is C24H29N3O4. The smallest absolute Gasteiger partial charge is 0.321 e. The van der Waals surface area contributed by atoms with Crippen LogP contribution in [0.4, 0.5) is 0 Å². The van der Waals surface area contributed by atoms with E-state index in [1.165, 1.54) is 0 Å². The van der Waals surface area contributed by atoms with Gasteiger partial charge >= 0.3 is 5.97 Å². The highest BCUT2D eigenvalue weighted by molar-refractivity contribution is 5.84. The number of hydrogen-bond acceptors (Lipinski definition) is 4. The van der Waals surface area contributed by atoms with Gasteiger partial charge in [-0.15, -0.1) is 0 Å². The normalized spacial score (nSPS) is 12.5. The first-order valence-corrected chi connectivity index (χ1v) is 10.3. The third-order valence-electron chi connectivity index (χ3n) is 4.76. The zero-order valence-electron chi connectivity index (χ0n) is 18.1. The Bertz CT molecular complexity index is 1030. The maximum atomic E-state index is 11.8. The molecule has 1 heterocycles. The summed E-state index contributed by atoms with van der Waals surface area (Å²) in [6.07, 6.45) is 2.24. The van der Waals surface area contributed by atoms with Crippen LogP contribution in [0.25, 0.3) is 10.9 Å². The van der Waals surface area contributed by atoms with Gasteiger partial charge in [-0.2, -0.15) is 0 Å². The Kier molecular flexibility index (Phi) is 6.97. The van der Waals surface area contributed by atoms with E-state index in [0.29, 0.717) is 18.7 Å². The topological polar surface area (TPSA) is 103 Å². The van der Waals surface area contributed by atoms with Gasteiger partial charge in [0.2, 0.25) is 0 Å². The number of para-hydroxylation sites is 1. The van der Waals surface area contributed by atoms with Crippen LogP contribution in [0.5, 0.6) is 5.75 Å². The van der Waals surface area contributed by atoms with E-state index in [1.54, 1.807) is 12.1 Å². The molecule has 3 rings (SSSR count). The summed E-state index contributed by atoms with van der Waals surface area (Å²) in [5.41, 5.74) is 2.58. The van der Waals surface area contributed by atoms with E-state index in [0.717, 1.165) is 22.0 Å². The average Bonchev–Trinajstić information content (AvgIpc) is 3.12. The Morgan fingerprint density at radius 1 is 1.10 bits per heavy atom. The molecular weight excluding hydrogens is 394 g/mol. The number of fused-ring (bicyclic) bond motifs is 1. The monoisotopic (exact) mass is 423 g/mol. The van der Waals surface area contributed by atoms with Gasteiger partial charge in [0, 0.05) is 35.6 Å². The first kappa shape index (κ1) is 22.4. The van der Waals surface area contributed by atoms with Crippen molar-refractivity contribution < 1.29 is 19.4 Å². The molecule has 0 spiro atoms. The number of aliphatic carboxylic acids is 1. The zero-order chi connectivity index (χ0) is 22.4. The van der Waals surface area contributed by atoms with Crippen LogP contribution in [0.15, 0.2) is 54.7 Å². The van der Waals surface area contributed by atoms with Gasteiger partial charge in [-0.1, -0.05) is 30.3 Å². The number of carbonyl (C=O) groups excluding carboxylic acids is 1. The molecule has 1 atom stereocenters. The summed E-state index contributed by atoms with van der Waals surface area (Å²) in [4.78, 5) is 26.8. The first-order valence-electron chi connectivity index (χ1n) is 10.3. The van der Waals surface area contributed by atoms with Crippen molar-refractivity contribution in [3.63, 3.8) is 0 Å². The Morgan fingerprint density at radius 2 is 1.81 bits per heavy atom. The van der Waals surface area contributed by atoms with Crippen molar-refractivity contribution >= 4 is 22.8 Å². The molecule has 0 aliphatic heterocycles. The lowest BCUT2D eigenvalue weighted by Crippen LogP contribution is -2.43. The van der Waals surface area contributed by atoms with Crippen LogP contribution >= 0.6 is 0 Å². The number of benzene rings is 2. The van der Waals surface area contributed by atoms with E-state index in [2.05, 4.69) is 15.6 Å². The van der Waals surface area contributed by atoms with E-state index in [1.807, 2.05) is 63.4 Å². The van der Waals surface area contributed by atoms with Gasteiger partial charge in [-0.05, 0) is 50.1 Å². The average molecular weight is 424 g/mol. The van der Waals surface area contributed by atoms with Crippen molar-refractivity contribution in [2.45, 2.75) is 45.3 Å². The van der Waals surface area contributed by atoms with E-state index in [9.17, 15) is 14.7 Å². The van der Waals surface area contributed by atoms with Crippen LogP contribution in [-0.4, -0.2) is 40.2 Å². The number of aromatic nitrogens is 1. The summed E-state index contributed by atoms with van der Waals surface area (Å²) < 4.78 is 5.51. The number of nitrogens with one attached hydrogen (secondary N) is 3. The summed E-state index contributed by atoms with van der Waals surface area (Å²) in [5.74, 6) is -0.490. The number of H-pyrrole nitrogens is 1. The number of rotatable bonds is 9. The van der Waals surface area contributed by atoms with Crippen molar-refractivity contribution in [3.05, 3.63) is 65.9 Å². The number of carbonyl (C=O) groups is 2. The first-order chi connectivity index (χ1) is 14.7. The van der Waals surface area contributed by atoms with Crippen molar-refractivity contribution in [2.24, 2.45) is 0 Å². The highest BCUT2D eigenvalue weighted by Crippen LogP contribution is 2.19. The molecule has 0 aliphatic rings. The van der Waals surface area contributed by atoms with Crippen LogP contribution in [-0.2, 0) is 22.6 Å². The second-order valence-corrected chi connectivity index (χ2v) is 8.57. The molecule has 7 heteroatoms. The van der Waals surface area contributed by atoms with Gasteiger partial charge in [0.05, 0.1) is 0 Å². The van der Waals surface area contributed by atoms with Gasteiger partial charge in [-0.25, -0.2) is 0 Å². The SMILES string of the molecule is CC(C)(C)NC(=O)COc1ccc(CN[C@@H](Cc2c[nH]c3ccccc23)C(=O)O)cc1. The number of amides is 1. The van der Waals surface area contributed by atoms with Gasteiger partial charge in [0.15, 0.2) is 6.61 Å². The molecule has 0 saturated heterocycles. The van der Waals surface area contributed by atoms with Gasteiger partial charge in [0.1, 0.15) is 11.8 Å². The largest absolute Gasteiger partial charge is 0.484 e. The maximum absolute atomic E-state index is 11.8. The number of hydrogen-bond donors (Lipinski definition) is 4. The molecule has 0 bridgehead atoms. The summed E-state index contributed by atoms with van der Waals surface area (Å²) in [7, 11) is 0. The Balaban J connectivity index is 1.54. The molecule has 7 nitrogen and oxygen atoms in total. The lowest BCUT2D eigenvalue weighted by atomic mass is 10.0. The fourth-order valence-electron chi connectivity index (χ4n) is 3.32. The minimum Gasteiger partial charge on any atom is -0.484 e. The number of carboxylic acid groups (broad SMARTS) is 1. The van der Waals surface area contributed by atoms with Crippen LogP contribution in [0.2, 0.25) is 0 Å². The lowest BCUT2D eigenvalue weighted by molar-refractivity contribution is -0.139. The van der Waals surface area contributed by atoms with Crippen LogP contribution in [0.3, 0.4) is 0 Å². The van der Waals surface area contributed by atoms with Crippen molar-refractivity contribution in [2.75, 3.05) is 6.61 Å². The van der Waals surface area contributed by atoms with E-state index < -0.39 is 12.0 Å². The van der Waals surface area contributed by atoms with Crippen LogP contribution in [0, 0.1) is 0 Å². The predicted molar refractivity (Wildman–Crippen MR) is 120 cm³/mol. The van der Waals surface area contributed by atoms with Crippen molar-refractivity contribution in [1.29, 1.82) is 0 Å². The minimum atomic E-state index is -0.893. The van der Waals surface area contributed by atoms with E-state index in [4.69, 9.17) is 4.74 Å². The molecule has 0 unspecified atom stereocenters. The van der Waals surface area contributed by atoms with E-state index in [-0.39, 0.29) is 18.1 Å².